The van der Waals surface area contributed by atoms with E-state index in [0.717, 1.165) is 28.5 Å². The number of nitrogens with zero attached hydrogens (tertiary/aromatic N) is 1. The summed E-state index contributed by atoms with van der Waals surface area (Å²) < 4.78 is 31.0. The van der Waals surface area contributed by atoms with Gasteiger partial charge in [-0.25, -0.2) is 8.42 Å². The number of aryl methyl sites for hydroxylation is 1. The number of nitrogens with one attached hydrogen (secondary N) is 1. The second kappa shape index (κ2) is 9.35. The molecule has 0 aliphatic carbocycles. The third-order valence-electron chi connectivity index (χ3n) is 3.92. The third kappa shape index (κ3) is 5.57. The number of hydrogen-bond donors (Lipinski definition) is 1. The number of hydrogen-bond acceptors (Lipinski definition) is 4. The van der Waals surface area contributed by atoms with Gasteiger partial charge in [0.05, 0.1) is 18.6 Å². The molecule has 0 aliphatic rings. The van der Waals surface area contributed by atoms with Crippen LogP contribution >= 0.6 is 0 Å². The van der Waals surface area contributed by atoms with E-state index in [1.54, 1.807) is 25.3 Å². The van der Waals surface area contributed by atoms with Gasteiger partial charge < -0.3 is 10.1 Å². The van der Waals surface area contributed by atoms with E-state index in [0.29, 0.717) is 6.54 Å². The Labute approximate surface area is 154 Å². The van der Waals surface area contributed by atoms with Gasteiger partial charge in [-0.2, -0.15) is 4.31 Å². The third-order valence-corrected chi connectivity index (χ3v) is 5.73. The fourth-order valence-electron chi connectivity index (χ4n) is 2.46. The Morgan fingerprint density at radius 2 is 1.85 bits per heavy atom. The quantitative estimate of drug-likeness (QED) is 0.680. The van der Waals surface area contributed by atoms with Crippen LogP contribution in [-0.2, 0) is 21.2 Å². The first kappa shape index (κ1) is 19.9. The van der Waals surface area contributed by atoms with Crippen LogP contribution in [-0.4, -0.2) is 45.9 Å². The van der Waals surface area contributed by atoms with Crippen LogP contribution in [0.4, 0.5) is 0 Å². The largest absolute Gasteiger partial charge is 0.497 e. The van der Waals surface area contributed by atoms with Crippen LogP contribution in [0.2, 0.25) is 0 Å². The maximum absolute atomic E-state index is 12.4. The normalized spacial score (nSPS) is 11.3. The molecule has 1 N–H and O–H groups in total. The van der Waals surface area contributed by atoms with E-state index < -0.39 is 10.0 Å². The van der Waals surface area contributed by atoms with Gasteiger partial charge in [0, 0.05) is 13.6 Å². The monoisotopic (exact) mass is 376 g/mol. The molecule has 0 aliphatic heterocycles. The summed E-state index contributed by atoms with van der Waals surface area (Å²) >= 11 is 0. The molecular weight excluding hydrogens is 352 g/mol. The van der Waals surface area contributed by atoms with Crippen molar-refractivity contribution >= 4 is 15.9 Å². The number of rotatable bonds is 9. The van der Waals surface area contributed by atoms with Crippen molar-refractivity contribution in [3.05, 3.63) is 60.2 Å². The summed E-state index contributed by atoms with van der Waals surface area (Å²) in [7, 11) is -0.631. The Morgan fingerprint density at radius 3 is 2.54 bits per heavy atom. The fourth-order valence-corrected chi connectivity index (χ4v) is 3.61. The molecular formula is C19H24N2O4S. The van der Waals surface area contributed by atoms with Crippen molar-refractivity contribution in [2.45, 2.75) is 17.7 Å². The van der Waals surface area contributed by atoms with Crippen LogP contribution in [0.25, 0.3) is 0 Å². The number of carbonyl (C=O) groups excluding carboxylic acids is 1. The smallest absolute Gasteiger partial charge is 0.243 e. The van der Waals surface area contributed by atoms with Crippen molar-refractivity contribution in [2.24, 2.45) is 0 Å². The molecule has 7 heteroatoms. The summed E-state index contributed by atoms with van der Waals surface area (Å²) in [5.41, 5.74) is 1.13. The first-order chi connectivity index (χ1) is 12.4. The minimum Gasteiger partial charge on any atom is -0.497 e. The van der Waals surface area contributed by atoms with E-state index in [9.17, 15) is 13.2 Å². The minimum absolute atomic E-state index is 0.174. The van der Waals surface area contributed by atoms with Crippen molar-refractivity contribution in [2.75, 3.05) is 27.2 Å². The van der Waals surface area contributed by atoms with E-state index in [2.05, 4.69) is 5.32 Å². The molecule has 6 nitrogen and oxygen atoms in total. The lowest BCUT2D eigenvalue weighted by molar-refractivity contribution is -0.121. The highest BCUT2D eigenvalue weighted by molar-refractivity contribution is 7.89. The zero-order valence-electron chi connectivity index (χ0n) is 15.0. The zero-order chi connectivity index (χ0) is 19.0. The molecule has 2 rings (SSSR count). The van der Waals surface area contributed by atoms with Crippen molar-refractivity contribution in [1.82, 2.24) is 9.62 Å². The van der Waals surface area contributed by atoms with Crippen LogP contribution in [0.1, 0.15) is 12.0 Å². The van der Waals surface area contributed by atoms with Crippen LogP contribution < -0.4 is 10.1 Å². The lowest BCUT2D eigenvalue weighted by Gasteiger charge is -2.16. The molecule has 2 aromatic rings. The molecule has 0 unspecified atom stereocenters. The van der Waals surface area contributed by atoms with Crippen LogP contribution in [0.5, 0.6) is 5.75 Å². The lowest BCUT2D eigenvalue weighted by Crippen LogP contribution is -2.38. The van der Waals surface area contributed by atoms with Gasteiger partial charge in [-0.05, 0) is 42.7 Å². The second-order valence-electron chi connectivity index (χ2n) is 5.88. The van der Waals surface area contributed by atoms with Crippen molar-refractivity contribution in [3.8, 4) is 5.75 Å². The van der Waals surface area contributed by atoms with E-state index in [1.807, 2.05) is 24.3 Å². The molecule has 0 radical (unpaired) electrons. The molecule has 0 heterocycles. The van der Waals surface area contributed by atoms with Crippen molar-refractivity contribution < 1.29 is 17.9 Å². The predicted octanol–water partition coefficient (Wildman–Crippen LogP) is 2.06. The molecule has 26 heavy (non-hydrogen) atoms. The summed E-state index contributed by atoms with van der Waals surface area (Å²) in [6, 6.07) is 15.8. The van der Waals surface area contributed by atoms with Gasteiger partial charge >= 0.3 is 0 Å². The predicted molar refractivity (Wildman–Crippen MR) is 101 cm³/mol. The second-order valence-corrected chi connectivity index (χ2v) is 7.92. The standard InChI is InChI=1S/C19H24N2O4S/c1-21(26(23,24)18-11-4-3-5-12-18)15-19(22)20-13-7-9-16-8-6-10-17(14-16)25-2/h3-6,8,10-12,14H,7,9,13,15H2,1-2H3,(H,20,22). The number of benzene rings is 2. The van der Waals surface area contributed by atoms with E-state index in [1.165, 1.54) is 19.2 Å². The Balaban J connectivity index is 1.78. The lowest BCUT2D eigenvalue weighted by atomic mass is 10.1. The van der Waals surface area contributed by atoms with Crippen molar-refractivity contribution in [1.29, 1.82) is 0 Å². The summed E-state index contributed by atoms with van der Waals surface area (Å²) in [4.78, 5) is 12.2. The summed E-state index contributed by atoms with van der Waals surface area (Å²) in [6.07, 6.45) is 1.56. The number of likely N-dealkylation sites (N-methyl/N-ethyl adjacent to an activating group) is 1. The molecule has 0 spiro atoms. The Hall–Kier alpha value is -2.38. The van der Waals surface area contributed by atoms with Crippen molar-refractivity contribution in [3.63, 3.8) is 0 Å². The van der Waals surface area contributed by atoms with Gasteiger partial charge in [0.25, 0.3) is 0 Å². The Morgan fingerprint density at radius 1 is 1.12 bits per heavy atom. The number of ether oxygens (including phenoxy) is 1. The highest BCUT2D eigenvalue weighted by Gasteiger charge is 2.22. The average molecular weight is 376 g/mol. The Bertz CT molecular complexity index is 822. The molecule has 2 aromatic carbocycles. The maximum atomic E-state index is 12.4. The molecule has 1 amide bonds. The zero-order valence-corrected chi connectivity index (χ0v) is 15.8. The summed E-state index contributed by atoms with van der Waals surface area (Å²) in [6.45, 7) is 0.269. The average Bonchev–Trinajstić information content (AvgIpc) is 2.66. The fraction of sp³-hybridized carbons (Fsp3) is 0.316. The molecule has 0 fully saturated rings. The first-order valence-electron chi connectivity index (χ1n) is 8.34. The number of carbonyl (C=O) groups is 1. The molecule has 140 valence electrons. The van der Waals surface area contributed by atoms with E-state index in [-0.39, 0.29) is 17.3 Å². The number of sulfonamides is 1. The molecule has 0 atom stereocenters. The van der Waals surface area contributed by atoms with Gasteiger partial charge in [-0.15, -0.1) is 0 Å². The highest BCUT2D eigenvalue weighted by atomic mass is 32.2. The van der Waals surface area contributed by atoms with Gasteiger partial charge in [0.2, 0.25) is 15.9 Å². The van der Waals surface area contributed by atoms with Crippen LogP contribution in [0, 0.1) is 0 Å². The van der Waals surface area contributed by atoms with Gasteiger partial charge in [0.15, 0.2) is 0 Å². The van der Waals surface area contributed by atoms with Crippen LogP contribution in [0.3, 0.4) is 0 Å². The van der Waals surface area contributed by atoms with E-state index in [4.69, 9.17) is 4.74 Å². The first-order valence-corrected chi connectivity index (χ1v) is 9.78. The molecule has 0 saturated heterocycles. The minimum atomic E-state index is -3.66. The van der Waals surface area contributed by atoms with Gasteiger partial charge in [0.1, 0.15) is 5.75 Å². The molecule has 0 saturated carbocycles. The summed E-state index contributed by atoms with van der Waals surface area (Å²) in [5, 5.41) is 2.76. The molecule has 0 aromatic heterocycles. The van der Waals surface area contributed by atoms with Gasteiger partial charge in [-0.3, -0.25) is 4.79 Å². The molecule has 0 bridgehead atoms. The Kier molecular flexibility index (Phi) is 7.17. The highest BCUT2D eigenvalue weighted by Crippen LogP contribution is 2.14. The maximum Gasteiger partial charge on any atom is 0.243 e. The summed E-state index contributed by atoms with van der Waals surface area (Å²) in [5.74, 6) is 0.483. The topological polar surface area (TPSA) is 75.7 Å². The van der Waals surface area contributed by atoms with E-state index >= 15 is 0 Å². The number of methoxy groups -OCH3 is 1. The van der Waals surface area contributed by atoms with Crippen LogP contribution in [0.15, 0.2) is 59.5 Å². The SMILES string of the molecule is COc1cccc(CCCNC(=O)CN(C)S(=O)(=O)c2ccccc2)c1. The van der Waals surface area contributed by atoms with Gasteiger partial charge in [-0.1, -0.05) is 30.3 Å². The number of amides is 1.